The Balaban J connectivity index is 1.50. The third-order valence-electron chi connectivity index (χ3n) is 14.7. The summed E-state index contributed by atoms with van der Waals surface area (Å²) in [6.07, 6.45) is 0. The van der Waals surface area contributed by atoms with Crippen molar-refractivity contribution >= 4 is 0 Å². The minimum Gasteiger partial charge on any atom is -0.507 e. The summed E-state index contributed by atoms with van der Waals surface area (Å²) in [5, 5.41) is 74.0. The highest BCUT2D eigenvalue weighted by atomic mass is 16.5. The number of hydrogen-bond acceptors (Lipinski definition) is 9. The smallest absolute Gasteiger partial charge is 0.129 e. The molecule has 0 aliphatic carbocycles. The van der Waals surface area contributed by atoms with Crippen molar-refractivity contribution in [2.75, 3.05) is 0 Å². The summed E-state index contributed by atoms with van der Waals surface area (Å²) in [7, 11) is 0. The second-order valence-corrected chi connectivity index (χ2v) is 27.2. The molecule has 12 bridgehead atoms. The van der Waals surface area contributed by atoms with Crippen LogP contribution >= 0.6 is 0 Å². The lowest BCUT2D eigenvalue weighted by Crippen LogP contribution is -2.14. The molecule has 402 valence electrons. The zero-order chi connectivity index (χ0) is 55.7. The Morgan fingerprint density at radius 3 is 0.453 bits per heavy atom. The van der Waals surface area contributed by atoms with E-state index in [4.69, 9.17) is 14.2 Å². The van der Waals surface area contributed by atoms with Crippen LogP contribution in [-0.2, 0) is 86.3 Å². The van der Waals surface area contributed by atoms with E-state index in [1.165, 1.54) is 0 Å². The largest absolute Gasteiger partial charge is 0.507 e. The molecule has 9 nitrogen and oxygen atoms in total. The second-order valence-electron chi connectivity index (χ2n) is 27.2. The highest BCUT2D eigenvalue weighted by molar-refractivity contribution is 5.82. The predicted molar refractivity (Wildman–Crippen MR) is 303 cm³/mol. The number of rotatable bonds is 0. The molecule has 1 aliphatic rings. The molecule has 0 saturated carbocycles. The third-order valence-corrected chi connectivity index (χ3v) is 14.7. The van der Waals surface area contributed by atoms with Gasteiger partial charge >= 0.3 is 0 Å². The van der Waals surface area contributed by atoms with Crippen LogP contribution in [0.4, 0.5) is 0 Å². The van der Waals surface area contributed by atoms with Crippen LogP contribution in [0.2, 0.25) is 0 Å². The van der Waals surface area contributed by atoms with Crippen LogP contribution in [0, 0.1) is 0 Å². The Morgan fingerprint density at radius 2 is 0.347 bits per heavy atom. The van der Waals surface area contributed by atoms with Crippen LogP contribution in [0.5, 0.6) is 34.5 Å². The van der Waals surface area contributed by atoms with Gasteiger partial charge in [-0.25, -0.2) is 0 Å². The van der Waals surface area contributed by atoms with E-state index in [-0.39, 0.29) is 107 Å². The first-order valence-corrected chi connectivity index (χ1v) is 26.4. The summed E-state index contributed by atoms with van der Waals surface area (Å²) in [4.78, 5) is 0. The van der Waals surface area contributed by atoms with Crippen LogP contribution < -0.4 is 0 Å². The van der Waals surface area contributed by atoms with Gasteiger partial charge in [-0.15, -0.1) is 0 Å². The van der Waals surface area contributed by atoms with Crippen LogP contribution in [0.3, 0.4) is 0 Å². The standard InChI is InChI=1S/C66H84O9/c1-61(2,3)43-19-37-31-73-32-39-21-45(63(7,8)9)27-51(57(39)69)52-28-47(65(13,14)15)23-41(59(52)71)35-75-36-42-24-48(66(16,17)18)30-54(60(42)72)53-29-46(64(10,11)12)22-40(58(53)70)34-74-33-38-20-44(62(4,5)6)26-50(56(38)68)49(25-43)55(37)67/h19-30,67-72H,31-36H2,1-18H3. The lowest BCUT2D eigenvalue weighted by Gasteiger charge is -2.26. The lowest BCUT2D eigenvalue weighted by atomic mass is 9.81. The summed E-state index contributed by atoms with van der Waals surface area (Å²) in [6.45, 7) is 37.6. The summed E-state index contributed by atoms with van der Waals surface area (Å²) in [6, 6.07) is 23.2. The summed E-state index contributed by atoms with van der Waals surface area (Å²) in [5.74, 6) is -0.256. The predicted octanol–water partition coefficient (Wildman–Crippen LogP) is 16.2. The summed E-state index contributed by atoms with van der Waals surface area (Å²) >= 11 is 0. The van der Waals surface area contributed by atoms with Gasteiger partial charge in [-0.05, 0) is 139 Å². The Hall–Kier alpha value is -6.00. The minimum atomic E-state index is -0.365. The maximum atomic E-state index is 12.3. The average molecular weight is 1020 g/mol. The molecule has 6 aromatic carbocycles. The molecule has 75 heavy (non-hydrogen) atoms. The zero-order valence-electron chi connectivity index (χ0n) is 48.1. The molecule has 0 amide bonds. The molecule has 0 fully saturated rings. The van der Waals surface area contributed by atoms with Crippen molar-refractivity contribution in [1.29, 1.82) is 0 Å². The third kappa shape index (κ3) is 12.2. The molecule has 6 aromatic rings. The normalized spacial score (nSPS) is 14.6. The minimum absolute atomic E-state index is 0.0202. The van der Waals surface area contributed by atoms with Gasteiger partial charge in [0.15, 0.2) is 0 Å². The van der Waals surface area contributed by atoms with E-state index in [9.17, 15) is 30.6 Å². The molecule has 1 aliphatic heterocycles. The zero-order valence-corrected chi connectivity index (χ0v) is 48.1. The van der Waals surface area contributed by atoms with Gasteiger partial charge in [0.05, 0.1) is 39.6 Å². The Morgan fingerprint density at radius 1 is 0.227 bits per heavy atom. The van der Waals surface area contributed by atoms with Gasteiger partial charge in [0, 0.05) is 66.8 Å². The van der Waals surface area contributed by atoms with Crippen molar-refractivity contribution in [1.82, 2.24) is 0 Å². The lowest BCUT2D eigenvalue weighted by molar-refractivity contribution is 0.103. The number of benzene rings is 6. The van der Waals surface area contributed by atoms with Crippen molar-refractivity contribution in [3.05, 3.63) is 140 Å². The molecule has 0 aromatic heterocycles. The quantitative estimate of drug-likeness (QED) is 0.0874. The van der Waals surface area contributed by atoms with Crippen LogP contribution in [0.25, 0.3) is 33.4 Å². The van der Waals surface area contributed by atoms with Gasteiger partial charge in [-0.3, -0.25) is 0 Å². The molecule has 0 atom stereocenters. The van der Waals surface area contributed by atoms with E-state index >= 15 is 0 Å². The molecule has 0 radical (unpaired) electrons. The maximum absolute atomic E-state index is 12.3. The van der Waals surface area contributed by atoms with Crippen molar-refractivity contribution in [2.24, 2.45) is 0 Å². The molecule has 0 spiro atoms. The van der Waals surface area contributed by atoms with Crippen LogP contribution in [-0.4, -0.2) is 30.6 Å². The second kappa shape index (κ2) is 20.2. The molecule has 1 heterocycles. The molecule has 6 N–H and O–H groups in total. The van der Waals surface area contributed by atoms with E-state index in [1.807, 2.05) is 72.8 Å². The highest BCUT2D eigenvalue weighted by Crippen LogP contribution is 2.49. The maximum Gasteiger partial charge on any atom is 0.129 e. The fourth-order valence-corrected chi connectivity index (χ4v) is 9.47. The van der Waals surface area contributed by atoms with Crippen molar-refractivity contribution in [3.8, 4) is 67.9 Å². The Labute approximate surface area is 447 Å². The Bertz CT molecular complexity index is 2590. The Kier molecular flexibility index (Phi) is 15.3. The number of phenols is 6. The first kappa shape index (κ1) is 56.7. The van der Waals surface area contributed by atoms with Gasteiger partial charge in [-0.1, -0.05) is 125 Å². The first-order chi connectivity index (χ1) is 34.4. The van der Waals surface area contributed by atoms with Gasteiger partial charge in [0.2, 0.25) is 0 Å². The molecule has 9 heteroatoms. The number of phenolic OH excluding ortho intramolecular Hbond substituents is 6. The van der Waals surface area contributed by atoms with Gasteiger partial charge in [-0.2, -0.15) is 0 Å². The average Bonchev–Trinajstić information content (AvgIpc) is 3.27. The molecule has 7 rings (SSSR count). The monoisotopic (exact) mass is 1020 g/mol. The summed E-state index contributed by atoms with van der Waals surface area (Å²) < 4.78 is 19.5. The molecular weight excluding hydrogens is 937 g/mol. The van der Waals surface area contributed by atoms with E-state index < -0.39 is 0 Å². The highest BCUT2D eigenvalue weighted by Gasteiger charge is 2.30. The van der Waals surface area contributed by atoms with E-state index in [2.05, 4.69) is 125 Å². The number of hydrogen-bond donors (Lipinski definition) is 6. The molecule has 0 saturated heterocycles. The van der Waals surface area contributed by atoms with E-state index in [0.717, 1.165) is 33.4 Å². The topological polar surface area (TPSA) is 149 Å². The van der Waals surface area contributed by atoms with Crippen LogP contribution in [0.15, 0.2) is 72.8 Å². The fraction of sp³-hybridized carbons (Fsp3) is 0.455. The SMILES string of the molecule is CC(C)(C)c1cc2c(O)c(c1)-c1cc(C(C)(C)C)cc(c1O)COCc1cc(C(C)(C)C)cc(c1O)-c1cc(C(C)(C)C)cc(c1O)COCc1cc(C(C)(C)C)cc(c1O)-c1cc(C(C)(C)C)cc(c1O)COC2. The molecule has 0 unspecified atom stereocenters. The fourth-order valence-electron chi connectivity index (χ4n) is 9.47. The van der Waals surface area contributed by atoms with Gasteiger partial charge < -0.3 is 44.8 Å². The van der Waals surface area contributed by atoms with E-state index in [0.29, 0.717) is 66.8 Å². The van der Waals surface area contributed by atoms with Gasteiger partial charge in [0.25, 0.3) is 0 Å². The number of aromatic hydroxyl groups is 6. The van der Waals surface area contributed by atoms with Gasteiger partial charge in [0.1, 0.15) is 34.5 Å². The number of ether oxygens (including phenoxy) is 3. The van der Waals surface area contributed by atoms with Crippen molar-refractivity contribution in [3.63, 3.8) is 0 Å². The number of fused-ring (bicyclic) bond motifs is 15. The van der Waals surface area contributed by atoms with E-state index in [1.54, 1.807) is 0 Å². The first-order valence-electron chi connectivity index (χ1n) is 26.4. The van der Waals surface area contributed by atoms with Crippen molar-refractivity contribution < 1.29 is 44.8 Å². The molecular formula is C66H84O9. The summed E-state index contributed by atoms with van der Waals surface area (Å²) in [5.41, 5.74) is 9.01. The van der Waals surface area contributed by atoms with Crippen molar-refractivity contribution in [2.45, 2.75) is 197 Å². The van der Waals surface area contributed by atoms with Crippen LogP contribution in [0.1, 0.15) is 191 Å².